The van der Waals surface area contributed by atoms with Crippen molar-refractivity contribution in [1.82, 2.24) is 0 Å². The topological polar surface area (TPSA) is 219 Å². The van der Waals surface area contributed by atoms with E-state index in [1.807, 2.05) is 62.4 Å². The first-order chi connectivity index (χ1) is 19.6. The van der Waals surface area contributed by atoms with Crippen molar-refractivity contribution in [3.63, 3.8) is 0 Å². The molecular formula is C30H30N8OS2. The predicted molar refractivity (Wildman–Crippen MR) is 163 cm³/mol. The minimum atomic E-state index is -0.461. The Balaban J connectivity index is 0.000000262. The molecule has 0 atom stereocenters. The molecule has 0 saturated carbocycles. The SMILES string of the molecule is CCO.Cc1ccccc1C1C(C#N)=C(N)SC(N)=C1C#N.Cc1ccccc1C1C(C#N)=C(N)SC(N)=C1C#N. The molecule has 208 valence electrons. The van der Waals surface area contributed by atoms with E-state index in [0.29, 0.717) is 42.4 Å². The Kier molecular flexibility index (Phi) is 12.0. The summed E-state index contributed by atoms with van der Waals surface area (Å²) in [5.41, 5.74) is 28.8. The second kappa shape index (κ2) is 15.1. The first-order valence-corrected chi connectivity index (χ1v) is 13.9. The molecule has 9 nitrogen and oxygen atoms in total. The zero-order valence-corrected chi connectivity index (χ0v) is 24.5. The van der Waals surface area contributed by atoms with Crippen LogP contribution in [0.1, 0.15) is 41.0 Å². The highest BCUT2D eigenvalue weighted by atomic mass is 32.2. The number of hydrogen-bond donors (Lipinski definition) is 5. The number of rotatable bonds is 2. The Hall–Kier alpha value is -4.78. The smallest absolute Gasteiger partial charge is 0.0985 e. The molecule has 2 aromatic carbocycles. The molecular weight excluding hydrogens is 553 g/mol. The molecule has 0 unspecified atom stereocenters. The number of nitriles is 4. The van der Waals surface area contributed by atoms with Crippen molar-refractivity contribution in [2.24, 2.45) is 22.9 Å². The van der Waals surface area contributed by atoms with Crippen LogP contribution in [0, 0.1) is 59.2 Å². The highest BCUT2D eigenvalue weighted by molar-refractivity contribution is 8.06. The summed E-state index contributed by atoms with van der Waals surface area (Å²) in [5, 5.41) is 46.3. The fourth-order valence-electron chi connectivity index (χ4n) is 4.24. The lowest BCUT2D eigenvalue weighted by atomic mass is 9.83. The van der Waals surface area contributed by atoms with Crippen LogP contribution < -0.4 is 22.9 Å². The molecule has 0 radical (unpaired) electrons. The van der Waals surface area contributed by atoms with Crippen LogP contribution in [0.4, 0.5) is 0 Å². The Labute approximate surface area is 248 Å². The van der Waals surface area contributed by atoms with Crippen LogP contribution in [0.2, 0.25) is 0 Å². The highest BCUT2D eigenvalue weighted by Crippen LogP contribution is 2.44. The third-order valence-corrected chi connectivity index (χ3v) is 7.90. The summed E-state index contributed by atoms with van der Waals surface area (Å²) in [5.74, 6) is -0.921. The molecule has 4 rings (SSSR count). The van der Waals surface area contributed by atoms with Gasteiger partial charge in [-0.3, -0.25) is 0 Å². The van der Waals surface area contributed by atoms with Gasteiger partial charge in [0.1, 0.15) is 0 Å². The third kappa shape index (κ3) is 7.25. The van der Waals surface area contributed by atoms with E-state index in [0.717, 1.165) is 45.8 Å². The van der Waals surface area contributed by atoms with Gasteiger partial charge < -0.3 is 28.0 Å². The van der Waals surface area contributed by atoms with Gasteiger partial charge in [-0.05, 0) is 43.0 Å². The van der Waals surface area contributed by atoms with Crippen molar-refractivity contribution in [3.05, 3.63) is 113 Å². The number of aliphatic hydroxyl groups is 1. The average molecular weight is 583 g/mol. The molecule has 2 aliphatic heterocycles. The Morgan fingerprint density at radius 1 is 0.610 bits per heavy atom. The summed E-state index contributed by atoms with van der Waals surface area (Å²) in [6, 6.07) is 23.7. The van der Waals surface area contributed by atoms with E-state index in [9.17, 15) is 21.0 Å². The minimum absolute atomic E-state index is 0.250. The maximum Gasteiger partial charge on any atom is 0.0985 e. The van der Waals surface area contributed by atoms with Gasteiger partial charge in [0.15, 0.2) is 0 Å². The Bertz CT molecular complexity index is 1420. The van der Waals surface area contributed by atoms with Gasteiger partial charge in [-0.25, -0.2) is 0 Å². The second-order valence-electron chi connectivity index (χ2n) is 8.66. The summed E-state index contributed by atoms with van der Waals surface area (Å²) in [6.07, 6.45) is 0. The number of aliphatic hydroxyl groups excluding tert-OH is 1. The molecule has 2 heterocycles. The number of allylic oxidation sites excluding steroid dienone is 4. The molecule has 9 N–H and O–H groups in total. The van der Waals surface area contributed by atoms with Gasteiger partial charge in [-0.1, -0.05) is 72.1 Å². The zero-order valence-electron chi connectivity index (χ0n) is 22.8. The maximum atomic E-state index is 9.31. The molecule has 2 aliphatic rings. The van der Waals surface area contributed by atoms with Gasteiger partial charge in [0.05, 0.1) is 78.5 Å². The lowest BCUT2D eigenvalue weighted by molar-refractivity contribution is 0.318. The molecule has 0 aliphatic carbocycles. The number of nitrogens with zero attached hydrogens (tertiary/aromatic N) is 4. The van der Waals surface area contributed by atoms with Gasteiger partial charge >= 0.3 is 0 Å². The molecule has 11 heteroatoms. The molecule has 0 bridgehead atoms. The molecule has 0 fully saturated rings. The average Bonchev–Trinajstić information content (AvgIpc) is 2.94. The van der Waals surface area contributed by atoms with Gasteiger partial charge in [-0.2, -0.15) is 21.0 Å². The molecule has 0 amide bonds. The quantitative estimate of drug-likeness (QED) is 0.333. The van der Waals surface area contributed by atoms with Gasteiger partial charge in [0.25, 0.3) is 0 Å². The monoisotopic (exact) mass is 582 g/mol. The maximum absolute atomic E-state index is 9.31. The van der Waals surface area contributed by atoms with Crippen molar-refractivity contribution >= 4 is 23.5 Å². The molecule has 41 heavy (non-hydrogen) atoms. The number of aryl methyl sites for hydroxylation is 2. The Morgan fingerprint density at radius 3 is 1.07 bits per heavy atom. The van der Waals surface area contributed by atoms with Crippen LogP contribution in [0.15, 0.2) is 90.9 Å². The number of benzene rings is 2. The van der Waals surface area contributed by atoms with Crippen molar-refractivity contribution < 1.29 is 5.11 Å². The Morgan fingerprint density at radius 2 is 0.854 bits per heavy atom. The summed E-state index contributed by atoms with van der Waals surface area (Å²) >= 11 is 2.16. The van der Waals surface area contributed by atoms with Crippen LogP contribution in [0.3, 0.4) is 0 Å². The lowest BCUT2D eigenvalue weighted by Gasteiger charge is -2.24. The largest absolute Gasteiger partial charge is 0.397 e. The summed E-state index contributed by atoms with van der Waals surface area (Å²) in [7, 11) is 0. The van der Waals surface area contributed by atoms with Gasteiger partial charge in [0, 0.05) is 6.61 Å². The molecule has 0 aromatic heterocycles. The normalized spacial score (nSPS) is 15.4. The minimum Gasteiger partial charge on any atom is -0.397 e. The van der Waals surface area contributed by atoms with E-state index in [1.54, 1.807) is 6.92 Å². The highest BCUT2D eigenvalue weighted by Gasteiger charge is 2.32. The van der Waals surface area contributed by atoms with Crippen LogP contribution in [0.5, 0.6) is 0 Å². The fraction of sp³-hybridized carbons (Fsp3) is 0.200. The molecule has 0 saturated heterocycles. The van der Waals surface area contributed by atoms with E-state index in [1.165, 1.54) is 0 Å². The van der Waals surface area contributed by atoms with Gasteiger partial charge in [0.2, 0.25) is 0 Å². The molecule has 2 aromatic rings. The van der Waals surface area contributed by atoms with Gasteiger partial charge in [-0.15, -0.1) is 0 Å². The summed E-state index contributed by atoms with van der Waals surface area (Å²) < 4.78 is 0. The first-order valence-electron chi connectivity index (χ1n) is 12.3. The van der Waals surface area contributed by atoms with Crippen molar-refractivity contribution in [2.75, 3.05) is 6.61 Å². The van der Waals surface area contributed by atoms with Crippen molar-refractivity contribution in [3.8, 4) is 24.3 Å². The van der Waals surface area contributed by atoms with Crippen LogP contribution in [-0.4, -0.2) is 11.7 Å². The van der Waals surface area contributed by atoms with Crippen molar-refractivity contribution in [2.45, 2.75) is 32.6 Å². The summed E-state index contributed by atoms with van der Waals surface area (Å²) in [4.78, 5) is 0. The van der Waals surface area contributed by atoms with E-state index in [2.05, 4.69) is 24.3 Å². The van der Waals surface area contributed by atoms with Crippen LogP contribution in [-0.2, 0) is 0 Å². The standard InChI is InChI=1S/2C14H12N4S.C2H6O/c2*1-8-4-2-3-5-9(8)12-10(6-15)13(17)19-14(18)11(12)7-16;1-2-3/h2*2-5,12H,17-18H2,1H3;3H,2H2,1H3. The van der Waals surface area contributed by atoms with E-state index in [-0.39, 0.29) is 6.61 Å². The molecule has 0 spiro atoms. The van der Waals surface area contributed by atoms with Crippen LogP contribution in [0.25, 0.3) is 0 Å². The van der Waals surface area contributed by atoms with E-state index in [4.69, 9.17) is 28.0 Å². The van der Waals surface area contributed by atoms with Crippen molar-refractivity contribution in [1.29, 1.82) is 21.0 Å². The predicted octanol–water partition coefficient (Wildman–Crippen LogP) is 4.42. The summed E-state index contributed by atoms with van der Waals surface area (Å²) in [6.45, 7) is 5.81. The second-order valence-corrected chi connectivity index (χ2v) is 10.8. The zero-order chi connectivity index (χ0) is 30.7. The van der Waals surface area contributed by atoms with Crippen LogP contribution >= 0.6 is 23.5 Å². The number of hydrogen-bond acceptors (Lipinski definition) is 11. The first kappa shape index (κ1) is 32.4. The number of thioether (sulfide) groups is 2. The third-order valence-electron chi connectivity index (χ3n) is 6.14. The number of nitrogens with two attached hydrogens (primary N) is 4. The fourth-order valence-corrected chi connectivity index (χ4v) is 5.80. The lowest BCUT2D eigenvalue weighted by Crippen LogP contribution is -2.18. The van der Waals surface area contributed by atoms with E-state index < -0.39 is 11.8 Å². The van der Waals surface area contributed by atoms with E-state index >= 15 is 0 Å².